The first-order valence-electron chi connectivity index (χ1n) is 7.49. The molecule has 1 aliphatic rings. The minimum atomic E-state index is -0.938. The molecule has 1 unspecified atom stereocenters. The van der Waals surface area contributed by atoms with Crippen LogP contribution in [0, 0.1) is 0 Å². The third kappa shape index (κ3) is 3.49. The molecule has 1 heterocycles. The van der Waals surface area contributed by atoms with Crippen LogP contribution in [0.15, 0.2) is 18.2 Å². The van der Waals surface area contributed by atoms with Crippen molar-refractivity contribution in [1.82, 2.24) is 0 Å². The van der Waals surface area contributed by atoms with Gasteiger partial charge in [-0.25, -0.2) is 0 Å². The number of rotatable bonds is 5. The average molecular weight is 341 g/mol. The molecule has 0 amide bonds. The standard InChI is InChI=1S/C16H22BClO5/c1-15(2)16(3,4)23-17(22-15)11(9-13(19)20)10-7-6-8-12(18)14(10)21-5/h6-8,11H,9H2,1-5H3,(H,19,20). The highest BCUT2D eigenvalue weighted by Gasteiger charge is 2.54. The highest BCUT2D eigenvalue weighted by atomic mass is 35.5. The van der Waals surface area contributed by atoms with Crippen molar-refractivity contribution in [1.29, 1.82) is 0 Å². The fourth-order valence-corrected chi connectivity index (χ4v) is 2.89. The predicted molar refractivity (Wildman–Crippen MR) is 89.1 cm³/mol. The predicted octanol–water partition coefficient (Wildman–Crippen LogP) is 3.54. The lowest BCUT2D eigenvalue weighted by atomic mass is 9.66. The largest absolute Gasteiger partial charge is 0.495 e. The van der Waals surface area contributed by atoms with Crippen LogP contribution < -0.4 is 4.74 Å². The van der Waals surface area contributed by atoms with Crippen LogP contribution in [0.1, 0.15) is 45.5 Å². The Balaban J connectivity index is 2.44. The summed E-state index contributed by atoms with van der Waals surface area (Å²) in [5, 5.41) is 9.74. The second kappa shape index (κ2) is 6.34. The summed E-state index contributed by atoms with van der Waals surface area (Å²) in [4.78, 5) is 11.4. The normalized spacial score (nSPS) is 20.3. The van der Waals surface area contributed by atoms with E-state index in [4.69, 9.17) is 25.6 Å². The summed E-state index contributed by atoms with van der Waals surface area (Å²) in [6.07, 6.45) is -0.145. The number of para-hydroxylation sites is 1. The summed E-state index contributed by atoms with van der Waals surface area (Å²) >= 11 is 6.17. The Morgan fingerprint density at radius 3 is 2.35 bits per heavy atom. The van der Waals surface area contributed by atoms with Crippen LogP contribution in [0.4, 0.5) is 0 Å². The number of carboxylic acid groups (broad SMARTS) is 1. The van der Waals surface area contributed by atoms with E-state index in [9.17, 15) is 9.90 Å². The molecule has 5 nitrogen and oxygen atoms in total. The lowest BCUT2D eigenvalue weighted by Crippen LogP contribution is -2.41. The molecule has 0 aromatic heterocycles. The summed E-state index contributed by atoms with van der Waals surface area (Å²) in [5.41, 5.74) is -0.415. The minimum Gasteiger partial charge on any atom is -0.495 e. The molecule has 2 rings (SSSR count). The Hall–Kier alpha value is -1.24. The number of carboxylic acids is 1. The van der Waals surface area contributed by atoms with Crippen LogP contribution >= 0.6 is 11.6 Å². The zero-order chi connectivity index (χ0) is 17.4. The molecule has 1 fully saturated rings. The summed E-state index contributed by atoms with van der Waals surface area (Å²) in [5.74, 6) is -1.01. The Morgan fingerprint density at radius 2 is 1.87 bits per heavy atom. The number of hydrogen-bond donors (Lipinski definition) is 1. The monoisotopic (exact) mass is 340 g/mol. The van der Waals surface area contributed by atoms with Gasteiger partial charge < -0.3 is 19.2 Å². The van der Waals surface area contributed by atoms with Crippen molar-refractivity contribution < 1.29 is 23.9 Å². The maximum Gasteiger partial charge on any atom is 0.466 e. The summed E-state index contributed by atoms with van der Waals surface area (Å²) in [7, 11) is 0.815. The quantitative estimate of drug-likeness (QED) is 0.831. The lowest BCUT2D eigenvalue weighted by molar-refractivity contribution is -0.137. The van der Waals surface area contributed by atoms with Gasteiger partial charge >= 0.3 is 13.1 Å². The molecule has 1 atom stereocenters. The molecule has 0 aliphatic carbocycles. The van der Waals surface area contributed by atoms with Crippen LogP contribution in [0.2, 0.25) is 5.02 Å². The first kappa shape index (κ1) is 18.1. The third-order valence-corrected chi connectivity index (χ3v) is 4.89. The van der Waals surface area contributed by atoms with Gasteiger partial charge in [0.25, 0.3) is 0 Å². The van der Waals surface area contributed by atoms with Crippen molar-refractivity contribution in [2.24, 2.45) is 0 Å². The Kier molecular flexibility index (Phi) is 4.99. The molecule has 0 bridgehead atoms. The van der Waals surface area contributed by atoms with Gasteiger partial charge in [0, 0.05) is 5.82 Å². The zero-order valence-corrected chi connectivity index (χ0v) is 14.8. The van der Waals surface area contributed by atoms with Crippen LogP contribution in [0.5, 0.6) is 5.75 Å². The fraction of sp³-hybridized carbons (Fsp3) is 0.562. The Labute approximate surface area is 142 Å². The van der Waals surface area contributed by atoms with E-state index < -0.39 is 30.1 Å². The van der Waals surface area contributed by atoms with Gasteiger partial charge in [0.15, 0.2) is 0 Å². The van der Waals surface area contributed by atoms with Crippen molar-refractivity contribution in [3.8, 4) is 5.75 Å². The number of ether oxygens (including phenoxy) is 1. The van der Waals surface area contributed by atoms with E-state index in [0.29, 0.717) is 16.3 Å². The molecule has 7 heteroatoms. The van der Waals surface area contributed by atoms with Gasteiger partial charge in [0.05, 0.1) is 29.8 Å². The molecule has 126 valence electrons. The van der Waals surface area contributed by atoms with Crippen molar-refractivity contribution in [2.45, 2.75) is 51.1 Å². The number of methoxy groups -OCH3 is 1. The van der Waals surface area contributed by atoms with E-state index in [0.717, 1.165) is 0 Å². The molecular weight excluding hydrogens is 318 g/mol. The molecule has 1 saturated heterocycles. The van der Waals surface area contributed by atoms with E-state index in [1.165, 1.54) is 7.11 Å². The zero-order valence-electron chi connectivity index (χ0n) is 14.1. The second-order valence-corrected chi connectivity index (χ2v) is 7.10. The third-order valence-electron chi connectivity index (χ3n) is 4.60. The topological polar surface area (TPSA) is 65.0 Å². The minimum absolute atomic E-state index is 0.145. The van der Waals surface area contributed by atoms with Gasteiger partial charge in [-0.15, -0.1) is 0 Å². The van der Waals surface area contributed by atoms with Crippen LogP contribution in [0.3, 0.4) is 0 Å². The maximum atomic E-state index is 11.4. The van der Waals surface area contributed by atoms with Gasteiger partial charge in [-0.2, -0.15) is 0 Å². The van der Waals surface area contributed by atoms with E-state index in [1.807, 2.05) is 27.7 Å². The van der Waals surface area contributed by atoms with Crippen molar-refractivity contribution in [3.63, 3.8) is 0 Å². The molecule has 1 aromatic carbocycles. The van der Waals surface area contributed by atoms with Crippen LogP contribution in [-0.4, -0.2) is 36.5 Å². The van der Waals surface area contributed by atoms with Gasteiger partial charge in [-0.05, 0) is 39.3 Å². The summed E-state index contributed by atoms with van der Waals surface area (Å²) in [6, 6.07) is 5.26. The van der Waals surface area contributed by atoms with E-state index in [-0.39, 0.29) is 6.42 Å². The number of carbonyl (C=O) groups is 1. The number of benzene rings is 1. The molecule has 0 spiro atoms. The van der Waals surface area contributed by atoms with Crippen LogP contribution in [0.25, 0.3) is 0 Å². The van der Waals surface area contributed by atoms with Crippen molar-refractivity contribution in [3.05, 3.63) is 28.8 Å². The number of hydrogen-bond acceptors (Lipinski definition) is 4. The van der Waals surface area contributed by atoms with Gasteiger partial charge in [0.1, 0.15) is 5.75 Å². The molecule has 1 N–H and O–H groups in total. The molecule has 0 radical (unpaired) electrons. The van der Waals surface area contributed by atoms with Crippen molar-refractivity contribution >= 4 is 24.7 Å². The molecule has 1 aliphatic heterocycles. The van der Waals surface area contributed by atoms with Gasteiger partial charge in [-0.3, -0.25) is 4.79 Å². The maximum absolute atomic E-state index is 11.4. The SMILES string of the molecule is COc1c(Cl)cccc1C(CC(=O)O)B1OC(C)(C)C(C)(C)O1. The number of aliphatic carboxylic acids is 1. The molecule has 1 aromatic rings. The van der Waals surface area contributed by atoms with E-state index in [2.05, 4.69) is 0 Å². The van der Waals surface area contributed by atoms with Crippen molar-refractivity contribution in [2.75, 3.05) is 7.11 Å². The first-order chi connectivity index (χ1) is 10.6. The fourth-order valence-electron chi connectivity index (χ4n) is 2.63. The van der Waals surface area contributed by atoms with Gasteiger partial charge in [0.2, 0.25) is 0 Å². The molecular formula is C16H22BClO5. The second-order valence-electron chi connectivity index (χ2n) is 6.69. The van der Waals surface area contributed by atoms with Gasteiger partial charge in [-0.1, -0.05) is 23.7 Å². The van der Waals surface area contributed by atoms with Crippen LogP contribution in [-0.2, 0) is 14.1 Å². The Morgan fingerprint density at radius 1 is 1.30 bits per heavy atom. The lowest BCUT2D eigenvalue weighted by Gasteiger charge is -2.32. The summed E-state index contributed by atoms with van der Waals surface area (Å²) < 4.78 is 17.4. The highest BCUT2D eigenvalue weighted by Crippen LogP contribution is 2.44. The summed E-state index contributed by atoms with van der Waals surface area (Å²) in [6.45, 7) is 7.72. The first-order valence-corrected chi connectivity index (χ1v) is 7.86. The average Bonchev–Trinajstić information content (AvgIpc) is 2.64. The molecule has 23 heavy (non-hydrogen) atoms. The molecule has 0 saturated carbocycles. The van der Waals surface area contributed by atoms with E-state index >= 15 is 0 Å². The highest BCUT2D eigenvalue weighted by molar-refractivity contribution is 6.48. The Bertz CT molecular complexity index is 586. The van der Waals surface area contributed by atoms with E-state index in [1.54, 1.807) is 18.2 Å². The smallest absolute Gasteiger partial charge is 0.466 e. The number of halogens is 1.